The summed E-state index contributed by atoms with van der Waals surface area (Å²) in [6.45, 7) is -0.182. The van der Waals surface area contributed by atoms with Gasteiger partial charge in [0, 0.05) is 38.3 Å². The Kier molecular flexibility index (Phi) is 4.86. The lowest BCUT2D eigenvalue weighted by atomic mass is 9.97. The largest absolute Gasteiger partial charge is 0.330 e. The van der Waals surface area contributed by atoms with Gasteiger partial charge in [0.05, 0.1) is 1.37 Å². The van der Waals surface area contributed by atoms with Gasteiger partial charge in [-0.1, -0.05) is 35.8 Å². The number of halogens is 3. The zero-order valence-corrected chi connectivity index (χ0v) is 17.3. The van der Waals surface area contributed by atoms with E-state index in [2.05, 4.69) is 5.32 Å². The number of alkyl halides is 2. The minimum absolute atomic E-state index is 0.0437. The first-order chi connectivity index (χ1) is 16.3. The van der Waals surface area contributed by atoms with Crippen LogP contribution in [0.5, 0.6) is 0 Å². The van der Waals surface area contributed by atoms with Crippen molar-refractivity contribution < 1.29 is 32.1 Å². The number of Topliss-reactive ketones (excluding diaryl/α,β-unsaturated/α-hetero) is 1. The average Bonchev–Trinajstić information content (AvgIpc) is 3.11. The molecule has 1 fully saturated rings. The molecule has 0 spiro atoms. The highest BCUT2D eigenvalue weighted by Gasteiger charge is 2.41. The van der Waals surface area contributed by atoms with Crippen molar-refractivity contribution in [1.29, 1.82) is 0 Å². The Balaban J connectivity index is 1.58. The Morgan fingerprint density at radius 3 is 2.62 bits per heavy atom. The van der Waals surface area contributed by atoms with Crippen molar-refractivity contribution in [2.45, 2.75) is 44.1 Å². The molecule has 0 aliphatic carbocycles. The van der Waals surface area contributed by atoms with Crippen LogP contribution in [0.15, 0.2) is 42.4 Å². The van der Waals surface area contributed by atoms with Crippen LogP contribution in [0.1, 0.15) is 50.4 Å². The summed E-state index contributed by atoms with van der Waals surface area (Å²) < 4.78 is 54.5. The van der Waals surface area contributed by atoms with Crippen LogP contribution in [0.25, 0.3) is 0 Å². The molecule has 1 unspecified atom stereocenters. The number of ketones is 1. The van der Waals surface area contributed by atoms with Crippen molar-refractivity contribution in [2.24, 2.45) is 0 Å². The van der Waals surface area contributed by atoms with Crippen LogP contribution in [-0.4, -0.2) is 34.4 Å². The van der Waals surface area contributed by atoms with Gasteiger partial charge in [0.25, 0.3) is 5.91 Å². The Bertz CT molecular complexity index is 1250. The highest BCUT2D eigenvalue weighted by molar-refractivity contribution is 6.30. The molecule has 1 N–H and O–H groups in total. The number of nitrogens with one attached hydrogen (secondary N) is 1. The fraction of sp³-hybridized carbons (Fsp3) is 0.304. The van der Waals surface area contributed by atoms with Gasteiger partial charge in [-0.2, -0.15) is 8.78 Å². The number of benzene rings is 2. The molecule has 0 aromatic heterocycles. The second kappa shape index (κ2) is 8.43. The summed E-state index contributed by atoms with van der Waals surface area (Å²) in [7, 11) is 0. The van der Waals surface area contributed by atoms with Gasteiger partial charge in [0.2, 0.25) is 17.6 Å². The second-order valence-corrected chi connectivity index (χ2v) is 7.96. The molecule has 4 rings (SSSR count). The van der Waals surface area contributed by atoms with Crippen LogP contribution < -0.4 is 5.32 Å². The van der Waals surface area contributed by atoms with Crippen molar-refractivity contribution in [3.63, 3.8) is 0 Å². The third-order valence-electron chi connectivity index (χ3n) is 5.43. The summed E-state index contributed by atoms with van der Waals surface area (Å²) in [5, 5.41) is 2.36. The fourth-order valence-electron chi connectivity index (χ4n) is 3.70. The Labute approximate surface area is 191 Å². The Morgan fingerprint density at radius 2 is 1.94 bits per heavy atom. The summed E-state index contributed by atoms with van der Waals surface area (Å²) in [4.78, 5) is 50.1. The number of fused-ring (bicyclic) bond motifs is 1. The smallest absolute Gasteiger partial charge is 0.322 e. The predicted molar refractivity (Wildman–Crippen MR) is 111 cm³/mol. The van der Waals surface area contributed by atoms with E-state index in [9.17, 15) is 28.0 Å². The van der Waals surface area contributed by atoms with E-state index in [1.807, 2.05) is 0 Å². The zero-order valence-electron chi connectivity index (χ0n) is 19.6. The molecule has 2 aromatic rings. The van der Waals surface area contributed by atoms with Crippen LogP contribution in [0.3, 0.4) is 0 Å². The number of piperidine rings is 1. The molecule has 0 radical (unpaired) electrons. The number of carbonyl (C=O) groups excluding carboxylic acids is 4. The van der Waals surface area contributed by atoms with E-state index < -0.39 is 59.9 Å². The van der Waals surface area contributed by atoms with E-state index in [0.29, 0.717) is 0 Å². The van der Waals surface area contributed by atoms with Gasteiger partial charge in [-0.05, 0) is 42.1 Å². The third kappa shape index (κ3) is 4.14. The summed E-state index contributed by atoms with van der Waals surface area (Å²) in [6.07, 6.45) is -3.69. The van der Waals surface area contributed by atoms with E-state index in [4.69, 9.17) is 15.7 Å². The SMILES string of the molecule is [2H]c1c(C([2H])([2H])CC(=O)C(F)(F)c2ccc(Cl)cc2)ccc2c1CN(C1CCC(=O)NC1=O)C2=O. The normalized spacial score (nSPS) is 20.3. The standard InChI is InChI=1S/C23H19ClF2N2O4/c24-16-5-3-15(4-6-16)23(25,26)19(29)9-2-13-1-7-17-14(11-13)12-28(22(17)32)18-8-10-20(30)27-21(18)31/h1,3-7,11,18H,2,8-10,12H2,(H,27,30,31)/i2D2,11D. The van der Waals surface area contributed by atoms with Crippen molar-refractivity contribution in [2.75, 3.05) is 0 Å². The molecule has 3 amide bonds. The molecule has 2 aromatic carbocycles. The molecule has 2 aliphatic heterocycles. The van der Waals surface area contributed by atoms with E-state index >= 15 is 0 Å². The number of nitrogens with zero attached hydrogens (tertiary/aromatic N) is 1. The summed E-state index contributed by atoms with van der Waals surface area (Å²) in [5.74, 6) is -7.30. The van der Waals surface area contributed by atoms with E-state index in [0.717, 1.165) is 18.2 Å². The van der Waals surface area contributed by atoms with E-state index in [1.165, 1.54) is 23.1 Å². The molecule has 6 nitrogen and oxygen atoms in total. The fourth-order valence-corrected chi connectivity index (χ4v) is 3.83. The molecule has 32 heavy (non-hydrogen) atoms. The highest BCUT2D eigenvalue weighted by Crippen LogP contribution is 2.32. The van der Waals surface area contributed by atoms with Crippen LogP contribution in [0.4, 0.5) is 8.78 Å². The summed E-state index contributed by atoms with van der Waals surface area (Å²) >= 11 is 5.70. The predicted octanol–water partition coefficient (Wildman–Crippen LogP) is 3.39. The number of carbonyl (C=O) groups is 4. The minimum atomic E-state index is -3.98. The van der Waals surface area contributed by atoms with Gasteiger partial charge < -0.3 is 4.90 Å². The van der Waals surface area contributed by atoms with Gasteiger partial charge in [-0.3, -0.25) is 24.5 Å². The molecular formula is C23H19ClF2N2O4. The van der Waals surface area contributed by atoms with Crippen LogP contribution in [-0.2, 0) is 33.2 Å². The lowest BCUT2D eigenvalue weighted by molar-refractivity contribution is -0.144. The number of imide groups is 1. The first kappa shape index (κ1) is 18.4. The van der Waals surface area contributed by atoms with Crippen molar-refractivity contribution in [1.82, 2.24) is 10.2 Å². The Hall–Kier alpha value is -3.13. The quantitative estimate of drug-likeness (QED) is 0.665. The molecule has 2 heterocycles. The maximum absolute atomic E-state index is 14.7. The molecule has 166 valence electrons. The Morgan fingerprint density at radius 1 is 1.22 bits per heavy atom. The van der Waals surface area contributed by atoms with Gasteiger partial charge >= 0.3 is 5.92 Å². The lowest BCUT2D eigenvalue weighted by Crippen LogP contribution is -2.52. The highest BCUT2D eigenvalue weighted by atomic mass is 35.5. The second-order valence-electron chi connectivity index (χ2n) is 7.52. The number of hydrogen-bond donors (Lipinski definition) is 1. The average molecular weight is 464 g/mol. The third-order valence-corrected chi connectivity index (χ3v) is 5.68. The number of aryl methyl sites for hydroxylation is 1. The number of hydrogen-bond acceptors (Lipinski definition) is 4. The van der Waals surface area contributed by atoms with Gasteiger partial charge in [-0.25, -0.2) is 0 Å². The molecule has 2 aliphatic rings. The van der Waals surface area contributed by atoms with E-state index in [-0.39, 0.29) is 41.1 Å². The summed E-state index contributed by atoms with van der Waals surface area (Å²) in [5.41, 5.74) is -0.752. The van der Waals surface area contributed by atoms with Gasteiger partial charge in [0.1, 0.15) is 6.04 Å². The van der Waals surface area contributed by atoms with Crippen LogP contribution >= 0.6 is 11.6 Å². The molecule has 0 bridgehead atoms. The van der Waals surface area contributed by atoms with Gasteiger partial charge in [0.15, 0.2) is 0 Å². The zero-order chi connectivity index (χ0) is 25.7. The molecule has 1 atom stereocenters. The molecular weight excluding hydrogens is 442 g/mol. The van der Waals surface area contributed by atoms with E-state index in [1.54, 1.807) is 0 Å². The maximum Gasteiger partial charge on any atom is 0.330 e. The molecule has 9 heteroatoms. The first-order valence-corrected chi connectivity index (χ1v) is 10.2. The van der Waals surface area contributed by atoms with Crippen molar-refractivity contribution in [3.8, 4) is 0 Å². The van der Waals surface area contributed by atoms with Gasteiger partial charge in [-0.15, -0.1) is 0 Å². The molecule has 0 saturated carbocycles. The van der Waals surface area contributed by atoms with Crippen LogP contribution in [0, 0.1) is 0 Å². The lowest BCUT2D eigenvalue weighted by Gasteiger charge is -2.29. The minimum Gasteiger partial charge on any atom is -0.322 e. The maximum atomic E-state index is 14.7. The topological polar surface area (TPSA) is 83.6 Å². The van der Waals surface area contributed by atoms with Crippen molar-refractivity contribution in [3.05, 3.63) is 69.7 Å². The summed E-state index contributed by atoms with van der Waals surface area (Å²) in [6, 6.07) is 5.41. The number of amides is 3. The number of rotatable bonds is 6. The monoisotopic (exact) mass is 463 g/mol. The first-order valence-electron chi connectivity index (χ1n) is 11.3. The molecule has 1 saturated heterocycles. The van der Waals surface area contributed by atoms with Crippen LogP contribution in [0.2, 0.25) is 5.02 Å². The van der Waals surface area contributed by atoms with Crippen molar-refractivity contribution >= 4 is 35.1 Å².